The third-order valence-electron chi connectivity index (χ3n) is 7.19. The van der Waals surface area contributed by atoms with Gasteiger partial charge in [0.1, 0.15) is 0 Å². The number of fused-ring (bicyclic) bond motifs is 5. The number of aromatic nitrogens is 1. The van der Waals surface area contributed by atoms with Crippen LogP contribution in [0.3, 0.4) is 0 Å². The summed E-state index contributed by atoms with van der Waals surface area (Å²) in [5.41, 5.74) is 4.48. The predicted molar refractivity (Wildman–Crippen MR) is 126 cm³/mol. The number of benzene rings is 2. The lowest BCUT2D eigenvalue weighted by Crippen LogP contribution is -2.67. The van der Waals surface area contributed by atoms with E-state index in [2.05, 4.69) is 62.2 Å². The highest BCUT2D eigenvalue weighted by Gasteiger charge is 2.56. The molecule has 166 valence electrons. The first kappa shape index (κ1) is 20.8. The fourth-order valence-corrected chi connectivity index (χ4v) is 5.55. The average Bonchev–Trinajstić information content (AvgIpc) is 3.18. The number of para-hydroxylation sites is 1. The lowest BCUT2D eigenvalue weighted by atomic mass is 9.76. The zero-order valence-electron chi connectivity index (χ0n) is 19.3. The summed E-state index contributed by atoms with van der Waals surface area (Å²) in [5.74, 6) is 0.358. The van der Waals surface area contributed by atoms with Crippen LogP contribution in [0.25, 0.3) is 10.9 Å². The van der Waals surface area contributed by atoms with Crippen molar-refractivity contribution >= 4 is 22.7 Å². The molecule has 2 atom stereocenters. The molecule has 1 aromatic heterocycles. The van der Waals surface area contributed by atoms with Crippen LogP contribution < -0.4 is 0 Å². The SMILES string of the molecule is CCc1ccc(C2CN3C(=O)CN(CC(C)C)C(=O)C3(C)c3[nH]c4ccccc4c32)cc1. The summed E-state index contributed by atoms with van der Waals surface area (Å²) in [5, 5.41) is 1.13. The van der Waals surface area contributed by atoms with Crippen molar-refractivity contribution in [3.8, 4) is 0 Å². The van der Waals surface area contributed by atoms with Crippen LogP contribution in [0.5, 0.6) is 0 Å². The van der Waals surface area contributed by atoms with Crippen LogP contribution in [0.2, 0.25) is 0 Å². The van der Waals surface area contributed by atoms with Crippen LogP contribution in [0, 0.1) is 5.92 Å². The second kappa shape index (κ2) is 7.51. The molecule has 3 aromatic rings. The number of piperazine rings is 1. The van der Waals surface area contributed by atoms with Gasteiger partial charge in [-0.15, -0.1) is 0 Å². The number of carbonyl (C=O) groups is 2. The lowest BCUT2D eigenvalue weighted by molar-refractivity contribution is -0.166. The molecule has 0 spiro atoms. The summed E-state index contributed by atoms with van der Waals surface area (Å²) in [6.07, 6.45) is 0.992. The smallest absolute Gasteiger partial charge is 0.254 e. The molecule has 0 saturated carbocycles. The molecule has 2 unspecified atom stereocenters. The highest BCUT2D eigenvalue weighted by molar-refractivity contribution is 6.01. The van der Waals surface area contributed by atoms with Gasteiger partial charge in [-0.3, -0.25) is 9.59 Å². The van der Waals surface area contributed by atoms with Crippen molar-refractivity contribution in [2.24, 2.45) is 5.92 Å². The molecule has 32 heavy (non-hydrogen) atoms. The van der Waals surface area contributed by atoms with Crippen molar-refractivity contribution in [1.82, 2.24) is 14.8 Å². The normalized spacial score (nSPS) is 23.1. The van der Waals surface area contributed by atoms with Crippen LogP contribution in [0.1, 0.15) is 56.0 Å². The van der Waals surface area contributed by atoms with Gasteiger partial charge in [-0.05, 0) is 42.0 Å². The topological polar surface area (TPSA) is 56.4 Å². The zero-order chi connectivity index (χ0) is 22.6. The van der Waals surface area contributed by atoms with Gasteiger partial charge < -0.3 is 14.8 Å². The molecule has 2 amide bonds. The molecule has 1 N–H and O–H groups in total. The number of carbonyl (C=O) groups excluding carboxylic acids is 2. The third-order valence-corrected chi connectivity index (χ3v) is 7.19. The molecule has 1 saturated heterocycles. The largest absolute Gasteiger partial charge is 0.356 e. The molecule has 0 radical (unpaired) electrons. The van der Waals surface area contributed by atoms with E-state index >= 15 is 0 Å². The van der Waals surface area contributed by atoms with E-state index in [9.17, 15) is 9.59 Å². The van der Waals surface area contributed by atoms with Crippen molar-refractivity contribution in [3.05, 3.63) is 70.9 Å². The Morgan fingerprint density at radius 3 is 2.50 bits per heavy atom. The number of rotatable bonds is 4. The highest BCUT2D eigenvalue weighted by Crippen LogP contribution is 2.48. The van der Waals surface area contributed by atoms with E-state index in [0.717, 1.165) is 28.6 Å². The van der Waals surface area contributed by atoms with Gasteiger partial charge in [0, 0.05) is 29.9 Å². The highest BCUT2D eigenvalue weighted by atomic mass is 16.2. The molecular weight excluding hydrogens is 398 g/mol. The molecule has 0 bridgehead atoms. The maximum Gasteiger partial charge on any atom is 0.254 e. The summed E-state index contributed by atoms with van der Waals surface area (Å²) in [6.45, 7) is 9.49. The van der Waals surface area contributed by atoms with Gasteiger partial charge >= 0.3 is 0 Å². The van der Waals surface area contributed by atoms with Crippen LogP contribution in [-0.4, -0.2) is 46.2 Å². The first-order chi connectivity index (χ1) is 15.3. The molecule has 3 heterocycles. The summed E-state index contributed by atoms with van der Waals surface area (Å²) >= 11 is 0. The van der Waals surface area contributed by atoms with Crippen molar-refractivity contribution < 1.29 is 9.59 Å². The van der Waals surface area contributed by atoms with E-state index < -0.39 is 5.54 Å². The number of amides is 2. The predicted octanol–water partition coefficient (Wildman–Crippen LogP) is 4.42. The van der Waals surface area contributed by atoms with Gasteiger partial charge in [-0.25, -0.2) is 0 Å². The molecule has 5 nitrogen and oxygen atoms in total. The number of H-pyrrole nitrogens is 1. The standard InChI is InChI=1S/C27H31N3O2/c1-5-18-10-12-19(13-11-18)21-15-30-23(31)16-29(14-17(2)3)26(32)27(30,4)25-24(21)20-8-6-7-9-22(20)28-25/h6-13,17,21,28H,5,14-16H2,1-4H3. The number of hydrogen-bond acceptors (Lipinski definition) is 2. The maximum atomic E-state index is 13.8. The van der Waals surface area contributed by atoms with Gasteiger partial charge in [0.15, 0.2) is 5.54 Å². The molecule has 2 aliphatic heterocycles. The summed E-state index contributed by atoms with van der Waals surface area (Å²) in [7, 11) is 0. The van der Waals surface area contributed by atoms with E-state index in [1.54, 1.807) is 4.90 Å². The fraction of sp³-hybridized carbons (Fsp3) is 0.407. The van der Waals surface area contributed by atoms with E-state index in [0.29, 0.717) is 19.0 Å². The van der Waals surface area contributed by atoms with E-state index in [1.807, 2.05) is 24.0 Å². The van der Waals surface area contributed by atoms with Gasteiger partial charge in [0.2, 0.25) is 5.91 Å². The van der Waals surface area contributed by atoms with Gasteiger partial charge in [0.25, 0.3) is 5.91 Å². The van der Waals surface area contributed by atoms with Crippen molar-refractivity contribution in [2.75, 3.05) is 19.6 Å². The Bertz CT molecular complexity index is 1190. The fourth-order valence-electron chi connectivity index (χ4n) is 5.55. The minimum Gasteiger partial charge on any atom is -0.356 e. The minimum atomic E-state index is -1.02. The Morgan fingerprint density at radius 2 is 1.81 bits per heavy atom. The zero-order valence-corrected chi connectivity index (χ0v) is 19.3. The van der Waals surface area contributed by atoms with Crippen LogP contribution in [0.15, 0.2) is 48.5 Å². The van der Waals surface area contributed by atoms with E-state index in [1.165, 1.54) is 11.1 Å². The average molecular weight is 430 g/mol. The molecule has 5 rings (SSSR count). The Labute approximate surface area is 189 Å². The molecule has 0 aliphatic carbocycles. The molecular formula is C27H31N3O2. The van der Waals surface area contributed by atoms with E-state index in [-0.39, 0.29) is 24.3 Å². The summed E-state index contributed by atoms with van der Waals surface area (Å²) in [6, 6.07) is 16.9. The van der Waals surface area contributed by atoms with Gasteiger partial charge in [0.05, 0.1) is 12.2 Å². The van der Waals surface area contributed by atoms with Crippen molar-refractivity contribution in [2.45, 2.75) is 45.6 Å². The molecule has 5 heteroatoms. The number of nitrogens with one attached hydrogen (secondary N) is 1. The second-order valence-corrected chi connectivity index (χ2v) is 9.76. The summed E-state index contributed by atoms with van der Waals surface area (Å²) < 4.78 is 0. The van der Waals surface area contributed by atoms with Crippen LogP contribution >= 0.6 is 0 Å². The molecule has 2 aliphatic rings. The maximum absolute atomic E-state index is 13.8. The number of aryl methyl sites for hydroxylation is 1. The second-order valence-electron chi connectivity index (χ2n) is 9.76. The Morgan fingerprint density at radius 1 is 1.09 bits per heavy atom. The van der Waals surface area contributed by atoms with Crippen molar-refractivity contribution in [1.29, 1.82) is 0 Å². The molecule has 1 fully saturated rings. The number of aromatic amines is 1. The van der Waals surface area contributed by atoms with Crippen molar-refractivity contribution in [3.63, 3.8) is 0 Å². The Hall–Kier alpha value is -3.08. The number of hydrogen-bond donors (Lipinski definition) is 1. The van der Waals surface area contributed by atoms with Gasteiger partial charge in [-0.1, -0.05) is 63.2 Å². The summed E-state index contributed by atoms with van der Waals surface area (Å²) in [4.78, 5) is 34.4. The van der Waals surface area contributed by atoms with Crippen LogP contribution in [-0.2, 0) is 21.5 Å². The Kier molecular flexibility index (Phi) is 4.88. The van der Waals surface area contributed by atoms with Gasteiger partial charge in [-0.2, -0.15) is 0 Å². The molecule has 2 aromatic carbocycles. The first-order valence-corrected chi connectivity index (χ1v) is 11.6. The Balaban J connectivity index is 1.71. The monoisotopic (exact) mass is 429 g/mol. The quantitative estimate of drug-likeness (QED) is 0.668. The number of nitrogens with zero attached hydrogens (tertiary/aromatic N) is 2. The third kappa shape index (κ3) is 2.98. The van der Waals surface area contributed by atoms with E-state index in [4.69, 9.17) is 0 Å². The van der Waals surface area contributed by atoms with Crippen LogP contribution in [0.4, 0.5) is 0 Å². The first-order valence-electron chi connectivity index (χ1n) is 11.6. The minimum absolute atomic E-state index is 0.0124. The lowest BCUT2D eigenvalue weighted by Gasteiger charge is -2.51.